The molecule has 0 aliphatic rings. The third-order valence-corrected chi connectivity index (χ3v) is 4.68. The average Bonchev–Trinajstić information content (AvgIpc) is 2.66. The third-order valence-electron chi connectivity index (χ3n) is 4.36. The Hall–Kier alpha value is -3.40. The highest BCUT2D eigenvalue weighted by Crippen LogP contribution is 2.39. The van der Waals surface area contributed by atoms with E-state index in [0.717, 1.165) is 23.2 Å². The Bertz CT molecular complexity index is 1180. The van der Waals surface area contributed by atoms with Crippen LogP contribution >= 0.6 is 11.6 Å². The molecule has 1 aromatic heterocycles. The zero-order valence-electron chi connectivity index (χ0n) is 15.8. The fraction of sp³-hybridized carbons (Fsp3) is 0.150. The van der Waals surface area contributed by atoms with Gasteiger partial charge < -0.3 is 15.3 Å². The van der Waals surface area contributed by atoms with Gasteiger partial charge in [0.15, 0.2) is 0 Å². The van der Waals surface area contributed by atoms with Crippen LogP contribution in [0.2, 0.25) is 5.02 Å². The number of carbonyl (C=O) groups is 2. The van der Waals surface area contributed by atoms with Gasteiger partial charge in [0.2, 0.25) is 0 Å². The summed E-state index contributed by atoms with van der Waals surface area (Å²) in [5, 5.41) is 11.8. The lowest BCUT2D eigenvalue weighted by Gasteiger charge is -2.19. The van der Waals surface area contributed by atoms with Crippen LogP contribution in [0.1, 0.15) is 15.9 Å². The maximum Gasteiger partial charge on any atom is 0.421 e. The van der Waals surface area contributed by atoms with Crippen LogP contribution in [0.5, 0.6) is 0 Å². The molecular formula is C20H14ClF4N3O3. The van der Waals surface area contributed by atoms with Crippen LogP contribution in [0.3, 0.4) is 0 Å². The fourth-order valence-corrected chi connectivity index (χ4v) is 3.32. The first-order chi connectivity index (χ1) is 14.5. The van der Waals surface area contributed by atoms with Gasteiger partial charge >= 0.3 is 12.1 Å². The Morgan fingerprint density at radius 2 is 1.87 bits per heavy atom. The topological polar surface area (TPSA) is 82.5 Å². The van der Waals surface area contributed by atoms with Gasteiger partial charge in [-0.15, -0.1) is 0 Å². The largest absolute Gasteiger partial charge is 0.480 e. The van der Waals surface area contributed by atoms with Crippen LogP contribution in [-0.2, 0) is 11.0 Å². The number of benzene rings is 2. The van der Waals surface area contributed by atoms with Crippen molar-refractivity contribution >= 4 is 45.8 Å². The molecule has 0 saturated heterocycles. The SMILES string of the molecule is CN(CC(=O)O)C(=O)c1cnc(Nc2cccc(F)c2C(F)(F)F)c2cccc(Cl)c12. The highest BCUT2D eigenvalue weighted by molar-refractivity contribution is 6.37. The molecule has 1 heterocycles. The lowest BCUT2D eigenvalue weighted by Crippen LogP contribution is -2.32. The number of alkyl halides is 3. The number of fused-ring (bicyclic) bond motifs is 1. The highest BCUT2D eigenvalue weighted by Gasteiger charge is 2.37. The van der Waals surface area contributed by atoms with E-state index in [2.05, 4.69) is 10.3 Å². The number of halogens is 5. The molecule has 0 spiro atoms. The van der Waals surface area contributed by atoms with E-state index in [9.17, 15) is 27.2 Å². The van der Waals surface area contributed by atoms with E-state index in [1.165, 1.54) is 25.2 Å². The second-order valence-electron chi connectivity index (χ2n) is 6.52. The lowest BCUT2D eigenvalue weighted by molar-refractivity contribution is -0.139. The number of pyridine rings is 1. The number of carbonyl (C=O) groups excluding carboxylic acids is 1. The van der Waals surface area contributed by atoms with E-state index < -0.39 is 41.7 Å². The average molecular weight is 456 g/mol. The molecule has 0 radical (unpaired) electrons. The van der Waals surface area contributed by atoms with Crippen molar-refractivity contribution in [2.75, 3.05) is 18.9 Å². The van der Waals surface area contributed by atoms with E-state index >= 15 is 0 Å². The Balaban J connectivity index is 2.14. The zero-order chi connectivity index (χ0) is 22.9. The predicted molar refractivity (Wildman–Crippen MR) is 106 cm³/mol. The number of likely N-dealkylation sites (N-methyl/N-ethyl adjacent to an activating group) is 1. The number of carboxylic acids is 1. The third kappa shape index (κ3) is 4.53. The standard InChI is InChI=1S/C20H14ClF4N3O3/c1-28(9-15(29)30)19(31)11-8-26-18(10-4-2-5-12(21)16(10)11)27-14-7-3-6-13(22)17(14)20(23,24)25/h2-8H,9H2,1H3,(H,26,27)(H,29,30). The van der Waals surface area contributed by atoms with Crippen LogP contribution in [-0.4, -0.2) is 40.5 Å². The summed E-state index contributed by atoms with van der Waals surface area (Å²) in [6.07, 6.45) is -3.89. The number of anilines is 2. The van der Waals surface area contributed by atoms with Gasteiger partial charge in [0.1, 0.15) is 23.7 Å². The van der Waals surface area contributed by atoms with Crippen LogP contribution < -0.4 is 5.32 Å². The zero-order valence-corrected chi connectivity index (χ0v) is 16.6. The van der Waals surface area contributed by atoms with Crippen molar-refractivity contribution in [2.24, 2.45) is 0 Å². The second-order valence-corrected chi connectivity index (χ2v) is 6.93. The molecule has 31 heavy (non-hydrogen) atoms. The van der Waals surface area contributed by atoms with Crippen molar-refractivity contribution in [2.45, 2.75) is 6.18 Å². The van der Waals surface area contributed by atoms with E-state index in [-0.39, 0.29) is 27.2 Å². The molecule has 11 heteroatoms. The van der Waals surface area contributed by atoms with Crippen molar-refractivity contribution in [1.29, 1.82) is 0 Å². The van der Waals surface area contributed by atoms with Gasteiger partial charge in [0.25, 0.3) is 5.91 Å². The Labute approximate surface area is 178 Å². The molecule has 0 fully saturated rings. The molecule has 2 aromatic carbocycles. The fourth-order valence-electron chi connectivity index (χ4n) is 3.04. The minimum absolute atomic E-state index is 0.0369. The smallest absolute Gasteiger partial charge is 0.421 e. The molecule has 0 unspecified atom stereocenters. The maximum atomic E-state index is 13.9. The molecule has 162 valence electrons. The minimum atomic E-state index is -4.96. The summed E-state index contributed by atoms with van der Waals surface area (Å²) in [6, 6.07) is 7.28. The molecule has 2 N–H and O–H groups in total. The number of nitrogens with one attached hydrogen (secondary N) is 1. The molecule has 6 nitrogen and oxygen atoms in total. The quantitative estimate of drug-likeness (QED) is 0.532. The maximum absolute atomic E-state index is 13.9. The first-order valence-electron chi connectivity index (χ1n) is 8.68. The van der Waals surface area contributed by atoms with Crippen LogP contribution in [0.25, 0.3) is 10.8 Å². The van der Waals surface area contributed by atoms with Gasteiger partial charge in [0, 0.05) is 29.0 Å². The molecule has 0 atom stereocenters. The van der Waals surface area contributed by atoms with E-state index in [0.29, 0.717) is 6.07 Å². The number of aromatic nitrogens is 1. The first-order valence-corrected chi connectivity index (χ1v) is 9.05. The van der Waals surface area contributed by atoms with Crippen LogP contribution in [0.4, 0.5) is 29.1 Å². The number of rotatable bonds is 5. The van der Waals surface area contributed by atoms with Gasteiger partial charge in [-0.05, 0) is 18.2 Å². The van der Waals surface area contributed by atoms with Crippen molar-refractivity contribution in [3.8, 4) is 0 Å². The van der Waals surface area contributed by atoms with Crippen molar-refractivity contribution < 1.29 is 32.3 Å². The van der Waals surface area contributed by atoms with Crippen molar-refractivity contribution in [3.05, 3.63) is 64.6 Å². The van der Waals surface area contributed by atoms with Crippen molar-refractivity contribution in [3.63, 3.8) is 0 Å². The summed E-state index contributed by atoms with van der Waals surface area (Å²) in [6.45, 7) is -0.580. The molecule has 0 bridgehead atoms. The Morgan fingerprint density at radius 3 is 2.52 bits per heavy atom. The first kappa shape index (κ1) is 22.3. The molecule has 0 saturated carbocycles. The van der Waals surface area contributed by atoms with Gasteiger partial charge in [-0.2, -0.15) is 13.2 Å². The number of nitrogens with zero attached hydrogens (tertiary/aromatic N) is 2. The number of carboxylic acid groups (broad SMARTS) is 1. The van der Waals surface area contributed by atoms with Gasteiger partial charge in [0.05, 0.1) is 11.3 Å². The van der Waals surface area contributed by atoms with Gasteiger partial charge in [-0.1, -0.05) is 29.8 Å². The molecule has 0 aliphatic heterocycles. The highest BCUT2D eigenvalue weighted by atomic mass is 35.5. The molecule has 3 aromatic rings. The van der Waals surface area contributed by atoms with Crippen LogP contribution in [0, 0.1) is 5.82 Å². The normalized spacial score (nSPS) is 11.4. The van der Waals surface area contributed by atoms with Gasteiger partial charge in [-0.3, -0.25) is 9.59 Å². The van der Waals surface area contributed by atoms with E-state index in [1.807, 2.05) is 0 Å². The number of amides is 1. The minimum Gasteiger partial charge on any atom is -0.480 e. The van der Waals surface area contributed by atoms with E-state index in [1.54, 1.807) is 0 Å². The monoisotopic (exact) mass is 455 g/mol. The molecule has 1 amide bonds. The molecular weight excluding hydrogens is 442 g/mol. The summed E-state index contributed by atoms with van der Waals surface area (Å²) in [5.41, 5.74) is -2.10. The summed E-state index contributed by atoms with van der Waals surface area (Å²) in [5.74, 6) is -3.47. The van der Waals surface area contributed by atoms with E-state index in [4.69, 9.17) is 16.7 Å². The lowest BCUT2D eigenvalue weighted by atomic mass is 10.1. The Morgan fingerprint density at radius 1 is 1.19 bits per heavy atom. The molecule has 0 aliphatic carbocycles. The number of aliphatic carboxylic acids is 1. The Kier molecular flexibility index (Phi) is 6.03. The summed E-state index contributed by atoms with van der Waals surface area (Å²) in [7, 11) is 1.27. The predicted octanol–water partition coefficient (Wildman–Crippen LogP) is 4.95. The molecule has 3 rings (SSSR count). The number of hydrogen-bond acceptors (Lipinski definition) is 4. The van der Waals surface area contributed by atoms with Crippen LogP contribution in [0.15, 0.2) is 42.6 Å². The van der Waals surface area contributed by atoms with Crippen molar-refractivity contribution in [1.82, 2.24) is 9.88 Å². The summed E-state index contributed by atoms with van der Waals surface area (Å²) < 4.78 is 53.9. The number of hydrogen-bond donors (Lipinski definition) is 2. The summed E-state index contributed by atoms with van der Waals surface area (Å²) in [4.78, 5) is 28.6. The van der Waals surface area contributed by atoms with Gasteiger partial charge in [-0.25, -0.2) is 9.37 Å². The summed E-state index contributed by atoms with van der Waals surface area (Å²) >= 11 is 6.24. The second kappa shape index (κ2) is 8.38.